The summed E-state index contributed by atoms with van der Waals surface area (Å²) in [4.78, 5) is 25.9. The van der Waals surface area contributed by atoms with Crippen LogP contribution in [-0.4, -0.2) is 69.0 Å². The molecule has 0 radical (unpaired) electrons. The predicted molar refractivity (Wildman–Crippen MR) is 108 cm³/mol. The van der Waals surface area contributed by atoms with E-state index in [4.69, 9.17) is 4.84 Å². The van der Waals surface area contributed by atoms with Crippen LogP contribution in [-0.2, 0) is 14.9 Å². The molecule has 0 aliphatic carbocycles. The van der Waals surface area contributed by atoms with E-state index < -0.39 is 10.0 Å². The molecule has 1 fully saturated rings. The maximum absolute atomic E-state index is 12.9. The summed E-state index contributed by atoms with van der Waals surface area (Å²) in [6.07, 6.45) is 1.75. The Kier molecular flexibility index (Phi) is 6.33. The van der Waals surface area contributed by atoms with Crippen LogP contribution in [0.2, 0.25) is 0 Å². The highest BCUT2D eigenvalue weighted by atomic mass is 79.9. The Hall–Kier alpha value is -2.01. The molecule has 8 nitrogen and oxygen atoms in total. The zero-order valence-electron chi connectivity index (χ0n) is 15.6. The van der Waals surface area contributed by atoms with Gasteiger partial charge in [0.15, 0.2) is 0 Å². The second-order valence-corrected chi connectivity index (χ2v) is 9.09. The van der Waals surface area contributed by atoms with Crippen LogP contribution >= 0.6 is 15.9 Å². The van der Waals surface area contributed by atoms with Crippen LogP contribution in [0.15, 0.2) is 52.0 Å². The minimum absolute atomic E-state index is 0.0143. The minimum Gasteiger partial charge on any atom is -0.353 e. The molecule has 10 heteroatoms. The first-order valence-electron chi connectivity index (χ1n) is 8.62. The SMILES string of the molecule is CON(C)S(=O)(=O)c1cccc(C(=O)N2CCN(c3ccc(Br)cn3)CC2)c1. The van der Waals surface area contributed by atoms with Crippen molar-refractivity contribution in [1.29, 1.82) is 0 Å². The quantitative estimate of drug-likeness (QED) is 0.623. The predicted octanol–water partition coefficient (Wildman–Crippen LogP) is 1.99. The van der Waals surface area contributed by atoms with E-state index in [-0.39, 0.29) is 10.8 Å². The third-order valence-electron chi connectivity index (χ3n) is 4.58. The first-order chi connectivity index (χ1) is 13.3. The van der Waals surface area contributed by atoms with Crippen molar-refractivity contribution >= 4 is 37.7 Å². The third-order valence-corrected chi connectivity index (χ3v) is 6.72. The number of halogens is 1. The number of hydrogen-bond donors (Lipinski definition) is 0. The summed E-state index contributed by atoms with van der Waals surface area (Å²) < 4.78 is 26.5. The Morgan fingerprint density at radius 3 is 2.50 bits per heavy atom. The summed E-state index contributed by atoms with van der Waals surface area (Å²) in [7, 11) is -1.23. The number of piperazine rings is 1. The standard InChI is InChI=1S/C18H21BrN4O4S/c1-21(27-2)28(25,26)16-5-3-4-14(12-16)18(24)23-10-8-22(9-11-23)17-7-6-15(19)13-20-17/h3-7,12-13H,8-11H2,1-2H3. The molecule has 28 heavy (non-hydrogen) atoms. The number of nitrogens with zero attached hydrogens (tertiary/aromatic N) is 4. The zero-order chi connectivity index (χ0) is 20.3. The monoisotopic (exact) mass is 468 g/mol. The normalized spacial score (nSPS) is 15.1. The molecule has 1 aliphatic heterocycles. The lowest BCUT2D eigenvalue weighted by Crippen LogP contribution is -2.49. The number of pyridine rings is 1. The fourth-order valence-electron chi connectivity index (χ4n) is 2.91. The molecule has 0 N–H and O–H groups in total. The molecule has 150 valence electrons. The molecule has 0 unspecified atom stereocenters. The van der Waals surface area contributed by atoms with Crippen molar-refractivity contribution in [1.82, 2.24) is 14.4 Å². The molecule has 2 aromatic rings. The van der Waals surface area contributed by atoms with Crippen LogP contribution in [0.4, 0.5) is 5.82 Å². The fraction of sp³-hybridized carbons (Fsp3) is 0.333. The molecule has 1 saturated heterocycles. The highest BCUT2D eigenvalue weighted by Gasteiger charge is 2.25. The van der Waals surface area contributed by atoms with Crippen molar-refractivity contribution in [2.24, 2.45) is 0 Å². The van der Waals surface area contributed by atoms with Crippen molar-refractivity contribution in [2.45, 2.75) is 4.90 Å². The van der Waals surface area contributed by atoms with E-state index in [0.717, 1.165) is 14.8 Å². The van der Waals surface area contributed by atoms with Crippen molar-refractivity contribution in [3.05, 3.63) is 52.6 Å². The van der Waals surface area contributed by atoms with Gasteiger partial charge < -0.3 is 9.80 Å². The summed E-state index contributed by atoms with van der Waals surface area (Å²) in [5.41, 5.74) is 0.334. The number of amides is 1. The molecular formula is C18H21BrN4O4S. The van der Waals surface area contributed by atoms with Gasteiger partial charge >= 0.3 is 0 Å². The number of aromatic nitrogens is 1. The van der Waals surface area contributed by atoms with Gasteiger partial charge in [-0.3, -0.25) is 9.63 Å². The van der Waals surface area contributed by atoms with Gasteiger partial charge in [-0.1, -0.05) is 10.5 Å². The number of carbonyl (C=O) groups excluding carboxylic acids is 1. The minimum atomic E-state index is -3.80. The van der Waals surface area contributed by atoms with Gasteiger partial charge in [0, 0.05) is 49.5 Å². The van der Waals surface area contributed by atoms with Gasteiger partial charge in [0.2, 0.25) is 0 Å². The van der Waals surface area contributed by atoms with Crippen LogP contribution in [0.25, 0.3) is 0 Å². The Morgan fingerprint density at radius 1 is 1.18 bits per heavy atom. The van der Waals surface area contributed by atoms with E-state index in [9.17, 15) is 13.2 Å². The van der Waals surface area contributed by atoms with Gasteiger partial charge in [-0.15, -0.1) is 0 Å². The lowest BCUT2D eigenvalue weighted by Gasteiger charge is -2.35. The molecule has 1 aromatic carbocycles. The van der Waals surface area contributed by atoms with Crippen LogP contribution in [0.1, 0.15) is 10.4 Å². The van der Waals surface area contributed by atoms with Gasteiger partial charge in [-0.05, 0) is 46.3 Å². The molecule has 0 spiro atoms. The summed E-state index contributed by atoms with van der Waals surface area (Å²) in [6.45, 7) is 2.38. The molecule has 1 aliphatic rings. The third kappa shape index (κ3) is 4.35. The average molecular weight is 469 g/mol. The molecule has 3 rings (SSSR count). The maximum atomic E-state index is 12.9. The van der Waals surface area contributed by atoms with Gasteiger partial charge in [0.25, 0.3) is 15.9 Å². The lowest BCUT2D eigenvalue weighted by molar-refractivity contribution is -0.0258. The first-order valence-corrected chi connectivity index (χ1v) is 10.8. The molecule has 1 amide bonds. The van der Waals surface area contributed by atoms with Crippen LogP contribution in [0.3, 0.4) is 0 Å². The highest BCUT2D eigenvalue weighted by Crippen LogP contribution is 2.20. The number of anilines is 1. The van der Waals surface area contributed by atoms with Crippen LogP contribution < -0.4 is 4.90 Å². The number of rotatable bonds is 5. The van der Waals surface area contributed by atoms with E-state index in [1.54, 1.807) is 23.2 Å². The molecule has 0 atom stereocenters. The van der Waals surface area contributed by atoms with Crippen molar-refractivity contribution < 1.29 is 18.0 Å². The Balaban J connectivity index is 1.70. The second kappa shape index (κ2) is 8.56. The van der Waals surface area contributed by atoms with Crippen molar-refractivity contribution in [3.8, 4) is 0 Å². The number of hydroxylamine groups is 1. The van der Waals surface area contributed by atoms with Gasteiger partial charge in [-0.2, -0.15) is 0 Å². The van der Waals surface area contributed by atoms with Gasteiger partial charge in [0.1, 0.15) is 5.82 Å². The van der Waals surface area contributed by atoms with Crippen molar-refractivity contribution in [3.63, 3.8) is 0 Å². The Labute approximate surface area is 172 Å². The molecular weight excluding hydrogens is 448 g/mol. The van der Waals surface area contributed by atoms with Gasteiger partial charge in [0.05, 0.1) is 12.0 Å². The largest absolute Gasteiger partial charge is 0.353 e. The van der Waals surface area contributed by atoms with Gasteiger partial charge in [-0.25, -0.2) is 13.4 Å². The summed E-state index contributed by atoms with van der Waals surface area (Å²) in [5.74, 6) is 0.673. The van der Waals surface area contributed by atoms with Crippen LogP contribution in [0.5, 0.6) is 0 Å². The lowest BCUT2D eigenvalue weighted by atomic mass is 10.2. The molecule has 0 bridgehead atoms. The smallest absolute Gasteiger partial charge is 0.264 e. The average Bonchev–Trinajstić information content (AvgIpc) is 2.73. The number of hydrogen-bond acceptors (Lipinski definition) is 6. The molecule has 0 saturated carbocycles. The van der Waals surface area contributed by atoms with E-state index in [2.05, 4.69) is 25.8 Å². The van der Waals surface area contributed by atoms with Crippen molar-refractivity contribution in [2.75, 3.05) is 45.2 Å². The topological polar surface area (TPSA) is 83.0 Å². The summed E-state index contributed by atoms with van der Waals surface area (Å²) >= 11 is 3.37. The first kappa shape index (κ1) is 20.7. The Bertz CT molecular complexity index is 944. The number of carbonyl (C=O) groups is 1. The van der Waals surface area contributed by atoms with E-state index >= 15 is 0 Å². The molecule has 2 heterocycles. The number of benzene rings is 1. The number of sulfonamides is 1. The van der Waals surface area contributed by atoms with E-state index in [0.29, 0.717) is 31.7 Å². The van der Waals surface area contributed by atoms with E-state index in [1.165, 1.54) is 26.3 Å². The van der Waals surface area contributed by atoms with Crippen LogP contribution in [0, 0.1) is 0 Å². The highest BCUT2D eigenvalue weighted by molar-refractivity contribution is 9.10. The zero-order valence-corrected chi connectivity index (χ0v) is 18.0. The second-order valence-electron chi connectivity index (χ2n) is 6.24. The summed E-state index contributed by atoms with van der Waals surface area (Å²) in [5, 5.41) is 0. The molecule has 1 aromatic heterocycles. The fourth-order valence-corrected chi connectivity index (χ4v) is 4.17. The summed E-state index contributed by atoms with van der Waals surface area (Å²) in [6, 6.07) is 9.88. The van der Waals surface area contributed by atoms with E-state index in [1.807, 2.05) is 12.1 Å². The Morgan fingerprint density at radius 2 is 1.89 bits per heavy atom. The maximum Gasteiger partial charge on any atom is 0.264 e.